The Kier molecular flexibility index (Phi) is 3.82. The molecule has 2 aliphatic rings. The summed E-state index contributed by atoms with van der Waals surface area (Å²) in [4.78, 5) is 14.0. The van der Waals surface area contributed by atoms with Crippen molar-refractivity contribution in [2.75, 3.05) is 49.1 Å². The van der Waals surface area contributed by atoms with Gasteiger partial charge in [-0.05, 0) is 32.7 Å². The molecule has 0 spiro atoms. The van der Waals surface area contributed by atoms with E-state index in [2.05, 4.69) is 31.2 Å². The summed E-state index contributed by atoms with van der Waals surface area (Å²) in [7, 11) is 0. The lowest BCUT2D eigenvalue weighted by atomic mass is 10.3. The van der Waals surface area contributed by atoms with E-state index in [0.29, 0.717) is 0 Å². The van der Waals surface area contributed by atoms with Gasteiger partial charge in [-0.25, -0.2) is 9.97 Å². The first-order valence-corrected chi connectivity index (χ1v) is 7.39. The third-order valence-corrected chi connectivity index (χ3v) is 3.91. The van der Waals surface area contributed by atoms with Gasteiger partial charge in [0.15, 0.2) is 0 Å². The highest BCUT2D eigenvalue weighted by Gasteiger charge is 2.17. The van der Waals surface area contributed by atoms with Gasteiger partial charge in [-0.15, -0.1) is 0 Å². The predicted molar refractivity (Wildman–Crippen MR) is 77.9 cm³/mol. The maximum Gasteiger partial charge on any atom is 0.134 e. The molecule has 104 valence electrons. The average molecular weight is 261 g/mol. The first-order chi connectivity index (χ1) is 9.33. The molecule has 2 saturated heterocycles. The summed E-state index contributed by atoms with van der Waals surface area (Å²) in [6.07, 6.45) is 3.75. The molecule has 1 N–H and O–H groups in total. The molecule has 0 aliphatic carbocycles. The predicted octanol–water partition coefficient (Wildman–Crippen LogP) is 1.18. The van der Waals surface area contributed by atoms with Gasteiger partial charge < -0.3 is 15.1 Å². The van der Waals surface area contributed by atoms with Crippen LogP contribution in [0.1, 0.15) is 25.1 Å². The average Bonchev–Trinajstić information content (AvgIpc) is 2.81. The zero-order chi connectivity index (χ0) is 13.1. The van der Waals surface area contributed by atoms with Gasteiger partial charge in [-0.2, -0.15) is 0 Å². The lowest BCUT2D eigenvalue weighted by molar-refractivity contribution is 0.724. The van der Waals surface area contributed by atoms with Crippen molar-refractivity contribution in [3.63, 3.8) is 0 Å². The van der Waals surface area contributed by atoms with Crippen LogP contribution in [0.2, 0.25) is 0 Å². The molecule has 1 aromatic rings. The second-order valence-electron chi connectivity index (χ2n) is 5.42. The number of hydrogen-bond donors (Lipinski definition) is 1. The number of nitrogens with zero attached hydrogens (tertiary/aromatic N) is 4. The summed E-state index contributed by atoms with van der Waals surface area (Å²) in [5.41, 5.74) is 0. The fourth-order valence-corrected chi connectivity index (χ4v) is 2.88. The molecular weight excluding hydrogens is 238 g/mol. The van der Waals surface area contributed by atoms with Gasteiger partial charge in [0.05, 0.1) is 0 Å². The van der Waals surface area contributed by atoms with E-state index in [1.54, 1.807) is 0 Å². The Bertz CT molecular complexity index is 420. The molecule has 19 heavy (non-hydrogen) atoms. The summed E-state index contributed by atoms with van der Waals surface area (Å²) in [6, 6.07) is 2.17. The molecule has 5 nitrogen and oxygen atoms in total. The Balaban J connectivity index is 1.83. The number of nitrogens with one attached hydrogen (secondary N) is 1. The molecule has 2 fully saturated rings. The SMILES string of the molecule is Cc1nc(N2CCCC2)cc(N2CCCNCC2)n1. The highest BCUT2D eigenvalue weighted by molar-refractivity contribution is 5.51. The van der Waals surface area contributed by atoms with Crippen molar-refractivity contribution < 1.29 is 0 Å². The van der Waals surface area contributed by atoms with Crippen molar-refractivity contribution in [1.29, 1.82) is 0 Å². The fraction of sp³-hybridized carbons (Fsp3) is 0.714. The number of aromatic nitrogens is 2. The largest absolute Gasteiger partial charge is 0.356 e. The minimum atomic E-state index is 0.886. The normalized spacial score (nSPS) is 20.7. The Labute approximate surface area is 115 Å². The molecular formula is C14H23N5. The number of aryl methyl sites for hydroxylation is 1. The van der Waals surface area contributed by atoms with Crippen LogP contribution in [0.25, 0.3) is 0 Å². The third-order valence-electron chi connectivity index (χ3n) is 3.91. The van der Waals surface area contributed by atoms with Gasteiger partial charge in [0.1, 0.15) is 17.5 Å². The second kappa shape index (κ2) is 5.74. The molecule has 0 aromatic carbocycles. The zero-order valence-corrected chi connectivity index (χ0v) is 11.7. The molecule has 0 radical (unpaired) electrons. The number of rotatable bonds is 2. The first kappa shape index (κ1) is 12.7. The Morgan fingerprint density at radius 2 is 1.53 bits per heavy atom. The summed E-state index contributed by atoms with van der Waals surface area (Å²) >= 11 is 0. The van der Waals surface area contributed by atoms with Gasteiger partial charge in [-0.3, -0.25) is 0 Å². The molecule has 1 aromatic heterocycles. The highest BCUT2D eigenvalue weighted by Crippen LogP contribution is 2.22. The van der Waals surface area contributed by atoms with E-state index in [0.717, 1.165) is 56.7 Å². The Morgan fingerprint density at radius 1 is 0.895 bits per heavy atom. The summed E-state index contributed by atoms with van der Waals surface area (Å²) in [5, 5.41) is 3.44. The van der Waals surface area contributed by atoms with Gasteiger partial charge in [-0.1, -0.05) is 0 Å². The van der Waals surface area contributed by atoms with Crippen molar-refractivity contribution >= 4 is 11.6 Å². The van der Waals surface area contributed by atoms with Crippen LogP contribution in [0.15, 0.2) is 6.07 Å². The molecule has 0 amide bonds. The van der Waals surface area contributed by atoms with Crippen molar-refractivity contribution in [2.45, 2.75) is 26.2 Å². The van der Waals surface area contributed by atoms with Crippen LogP contribution in [0, 0.1) is 6.92 Å². The third kappa shape index (κ3) is 2.97. The summed E-state index contributed by atoms with van der Waals surface area (Å²) < 4.78 is 0. The second-order valence-corrected chi connectivity index (χ2v) is 5.42. The van der Waals surface area contributed by atoms with Gasteiger partial charge in [0.25, 0.3) is 0 Å². The van der Waals surface area contributed by atoms with Crippen LogP contribution in [0.4, 0.5) is 11.6 Å². The van der Waals surface area contributed by atoms with E-state index in [1.165, 1.54) is 19.3 Å². The molecule has 0 atom stereocenters. The van der Waals surface area contributed by atoms with Crippen molar-refractivity contribution in [3.8, 4) is 0 Å². The minimum Gasteiger partial charge on any atom is -0.356 e. The van der Waals surface area contributed by atoms with Crippen molar-refractivity contribution in [1.82, 2.24) is 15.3 Å². The van der Waals surface area contributed by atoms with E-state index >= 15 is 0 Å². The highest BCUT2D eigenvalue weighted by atomic mass is 15.3. The standard InChI is InChI=1S/C14H23N5/c1-12-16-13(18-7-2-3-8-18)11-14(17-12)19-9-4-5-15-6-10-19/h11,15H,2-10H2,1H3. The van der Waals surface area contributed by atoms with Gasteiger partial charge in [0.2, 0.25) is 0 Å². The molecule has 3 heterocycles. The maximum atomic E-state index is 4.63. The van der Waals surface area contributed by atoms with Crippen LogP contribution in [0.5, 0.6) is 0 Å². The molecule has 5 heteroatoms. The first-order valence-electron chi connectivity index (χ1n) is 7.39. The van der Waals surface area contributed by atoms with E-state index in [4.69, 9.17) is 0 Å². The van der Waals surface area contributed by atoms with E-state index in [9.17, 15) is 0 Å². The zero-order valence-electron chi connectivity index (χ0n) is 11.7. The Morgan fingerprint density at radius 3 is 2.26 bits per heavy atom. The van der Waals surface area contributed by atoms with E-state index in [-0.39, 0.29) is 0 Å². The van der Waals surface area contributed by atoms with Crippen LogP contribution >= 0.6 is 0 Å². The summed E-state index contributed by atoms with van der Waals surface area (Å²) in [5.74, 6) is 3.09. The fourth-order valence-electron chi connectivity index (χ4n) is 2.88. The Hall–Kier alpha value is -1.36. The van der Waals surface area contributed by atoms with E-state index in [1.807, 2.05) is 6.92 Å². The van der Waals surface area contributed by atoms with Crippen LogP contribution < -0.4 is 15.1 Å². The molecule has 0 unspecified atom stereocenters. The monoisotopic (exact) mass is 261 g/mol. The smallest absolute Gasteiger partial charge is 0.134 e. The topological polar surface area (TPSA) is 44.3 Å². The number of anilines is 2. The molecule has 2 aliphatic heterocycles. The molecule has 0 saturated carbocycles. The summed E-state index contributed by atoms with van der Waals surface area (Å²) in [6.45, 7) is 8.55. The van der Waals surface area contributed by atoms with Crippen LogP contribution in [-0.4, -0.2) is 49.2 Å². The molecule has 0 bridgehead atoms. The maximum absolute atomic E-state index is 4.63. The number of hydrogen-bond acceptors (Lipinski definition) is 5. The lowest BCUT2D eigenvalue weighted by Gasteiger charge is -2.24. The molecule has 3 rings (SSSR count). The quantitative estimate of drug-likeness (QED) is 0.866. The van der Waals surface area contributed by atoms with Gasteiger partial charge in [0, 0.05) is 38.8 Å². The van der Waals surface area contributed by atoms with Crippen molar-refractivity contribution in [3.05, 3.63) is 11.9 Å². The van der Waals surface area contributed by atoms with Gasteiger partial charge >= 0.3 is 0 Å². The van der Waals surface area contributed by atoms with Crippen LogP contribution in [-0.2, 0) is 0 Å². The lowest BCUT2D eigenvalue weighted by Crippen LogP contribution is -2.29. The van der Waals surface area contributed by atoms with Crippen LogP contribution in [0.3, 0.4) is 0 Å². The van der Waals surface area contributed by atoms with E-state index < -0.39 is 0 Å². The minimum absolute atomic E-state index is 0.886. The van der Waals surface area contributed by atoms with Crippen molar-refractivity contribution in [2.24, 2.45) is 0 Å².